The number of hydrogen-bond acceptors (Lipinski definition) is 3. The van der Waals surface area contributed by atoms with Gasteiger partial charge in [-0.3, -0.25) is 4.79 Å². The van der Waals surface area contributed by atoms with Crippen LogP contribution < -0.4 is 5.32 Å². The molecule has 0 bridgehead atoms. The molecule has 0 unspecified atom stereocenters. The summed E-state index contributed by atoms with van der Waals surface area (Å²) in [4.78, 5) is 11.2. The van der Waals surface area contributed by atoms with Crippen molar-refractivity contribution in [3.63, 3.8) is 0 Å². The molecule has 3 nitrogen and oxygen atoms in total. The minimum atomic E-state index is -0.366. The van der Waals surface area contributed by atoms with Gasteiger partial charge in [0.05, 0.1) is 6.42 Å². The van der Waals surface area contributed by atoms with Crippen LogP contribution in [0.4, 0.5) is 0 Å². The maximum Gasteiger partial charge on any atom is 0.307 e. The Morgan fingerprint density at radius 1 is 1.38 bits per heavy atom. The zero-order chi connectivity index (χ0) is 10.5. The van der Waals surface area contributed by atoms with Crippen molar-refractivity contribution < 1.29 is 9.53 Å². The highest BCUT2D eigenvalue weighted by Crippen LogP contribution is 2.07. The normalized spacial score (nSPS) is 11.8. The molecule has 3 heteroatoms. The SMILES string of the molecule is CC(C)NCCC(=O)OC(C)(C)C. The highest BCUT2D eigenvalue weighted by Gasteiger charge is 2.15. The van der Waals surface area contributed by atoms with Gasteiger partial charge in [-0.1, -0.05) is 13.8 Å². The summed E-state index contributed by atoms with van der Waals surface area (Å²) in [5.41, 5.74) is -0.366. The molecule has 0 rings (SSSR count). The van der Waals surface area contributed by atoms with E-state index in [1.807, 2.05) is 20.8 Å². The summed E-state index contributed by atoms with van der Waals surface area (Å²) >= 11 is 0. The molecule has 0 spiro atoms. The lowest BCUT2D eigenvalue weighted by Crippen LogP contribution is -2.29. The summed E-state index contributed by atoms with van der Waals surface area (Å²) in [7, 11) is 0. The average molecular weight is 187 g/mol. The molecule has 0 aromatic carbocycles. The fraction of sp³-hybridized carbons (Fsp3) is 0.900. The van der Waals surface area contributed by atoms with E-state index in [1.165, 1.54) is 0 Å². The quantitative estimate of drug-likeness (QED) is 0.681. The molecular formula is C10H21NO2. The van der Waals surface area contributed by atoms with Gasteiger partial charge in [0.1, 0.15) is 5.60 Å². The molecule has 0 aliphatic heterocycles. The maximum absolute atomic E-state index is 11.2. The lowest BCUT2D eigenvalue weighted by molar-refractivity contribution is -0.154. The molecule has 1 N–H and O–H groups in total. The Bertz CT molecular complexity index is 159. The van der Waals surface area contributed by atoms with E-state index in [-0.39, 0.29) is 11.6 Å². The lowest BCUT2D eigenvalue weighted by Gasteiger charge is -2.19. The third-order valence-electron chi connectivity index (χ3n) is 1.30. The zero-order valence-corrected chi connectivity index (χ0v) is 9.31. The van der Waals surface area contributed by atoms with E-state index in [0.29, 0.717) is 19.0 Å². The second kappa shape index (κ2) is 5.22. The van der Waals surface area contributed by atoms with Crippen LogP contribution in [0.1, 0.15) is 41.0 Å². The van der Waals surface area contributed by atoms with Crippen molar-refractivity contribution in [2.75, 3.05) is 6.54 Å². The number of esters is 1. The van der Waals surface area contributed by atoms with E-state index in [0.717, 1.165) is 0 Å². The van der Waals surface area contributed by atoms with Crippen molar-refractivity contribution >= 4 is 5.97 Å². The van der Waals surface area contributed by atoms with E-state index >= 15 is 0 Å². The van der Waals surface area contributed by atoms with Crippen LogP contribution in [0.5, 0.6) is 0 Å². The van der Waals surface area contributed by atoms with Crippen LogP contribution in [0.2, 0.25) is 0 Å². The number of hydrogen-bond donors (Lipinski definition) is 1. The highest BCUT2D eigenvalue weighted by atomic mass is 16.6. The van der Waals surface area contributed by atoms with E-state index in [1.54, 1.807) is 0 Å². The average Bonchev–Trinajstić information content (AvgIpc) is 1.81. The fourth-order valence-electron chi connectivity index (χ4n) is 0.855. The molecule has 0 saturated carbocycles. The second-order valence-electron chi connectivity index (χ2n) is 4.45. The molecule has 13 heavy (non-hydrogen) atoms. The summed E-state index contributed by atoms with van der Waals surface area (Å²) in [6.45, 7) is 10.4. The Hall–Kier alpha value is -0.570. The fourth-order valence-corrected chi connectivity index (χ4v) is 0.855. The van der Waals surface area contributed by atoms with Gasteiger partial charge >= 0.3 is 5.97 Å². The van der Waals surface area contributed by atoms with Gasteiger partial charge in [0.25, 0.3) is 0 Å². The molecule has 78 valence electrons. The van der Waals surface area contributed by atoms with Gasteiger partial charge in [-0.05, 0) is 20.8 Å². The number of carbonyl (C=O) groups excluding carboxylic acids is 1. The smallest absolute Gasteiger partial charge is 0.307 e. The second-order valence-corrected chi connectivity index (χ2v) is 4.45. The monoisotopic (exact) mass is 187 g/mol. The van der Waals surface area contributed by atoms with Crippen LogP contribution in [0.3, 0.4) is 0 Å². The van der Waals surface area contributed by atoms with Crippen LogP contribution in [0.25, 0.3) is 0 Å². The van der Waals surface area contributed by atoms with Gasteiger partial charge in [0.2, 0.25) is 0 Å². The van der Waals surface area contributed by atoms with Gasteiger partial charge in [0, 0.05) is 12.6 Å². The van der Waals surface area contributed by atoms with Gasteiger partial charge in [-0.25, -0.2) is 0 Å². The highest BCUT2D eigenvalue weighted by molar-refractivity contribution is 5.70. The summed E-state index contributed by atoms with van der Waals surface area (Å²) in [5.74, 6) is -0.138. The van der Waals surface area contributed by atoms with E-state index in [4.69, 9.17) is 4.74 Å². The zero-order valence-electron chi connectivity index (χ0n) is 9.31. The summed E-state index contributed by atoms with van der Waals surface area (Å²) in [6.07, 6.45) is 0.440. The summed E-state index contributed by atoms with van der Waals surface area (Å²) < 4.78 is 5.14. The van der Waals surface area contributed by atoms with Crippen molar-refractivity contribution in [2.45, 2.75) is 52.7 Å². The largest absolute Gasteiger partial charge is 0.460 e. The predicted octanol–water partition coefficient (Wildman–Crippen LogP) is 1.72. The lowest BCUT2D eigenvalue weighted by atomic mass is 10.2. The molecule has 0 radical (unpaired) electrons. The molecule has 0 aliphatic carbocycles. The Morgan fingerprint density at radius 2 is 1.92 bits per heavy atom. The first-order valence-electron chi connectivity index (χ1n) is 4.76. The van der Waals surface area contributed by atoms with Crippen LogP contribution in [-0.4, -0.2) is 24.2 Å². The third-order valence-corrected chi connectivity index (χ3v) is 1.30. The molecule has 0 aromatic heterocycles. The molecule has 0 saturated heterocycles. The number of rotatable bonds is 4. The van der Waals surface area contributed by atoms with Crippen molar-refractivity contribution in [1.82, 2.24) is 5.32 Å². The van der Waals surface area contributed by atoms with Gasteiger partial charge in [-0.2, -0.15) is 0 Å². The Morgan fingerprint density at radius 3 is 2.31 bits per heavy atom. The van der Waals surface area contributed by atoms with Crippen LogP contribution >= 0.6 is 0 Å². The molecule has 0 aromatic rings. The molecule has 0 fully saturated rings. The van der Waals surface area contributed by atoms with Crippen molar-refractivity contribution in [2.24, 2.45) is 0 Å². The van der Waals surface area contributed by atoms with E-state index < -0.39 is 0 Å². The first kappa shape index (κ1) is 12.4. The first-order chi connectivity index (χ1) is 5.81. The van der Waals surface area contributed by atoms with E-state index in [9.17, 15) is 4.79 Å². The van der Waals surface area contributed by atoms with Gasteiger partial charge in [-0.15, -0.1) is 0 Å². The predicted molar refractivity (Wildman–Crippen MR) is 53.6 cm³/mol. The number of ether oxygens (including phenoxy) is 1. The maximum atomic E-state index is 11.2. The van der Waals surface area contributed by atoms with Crippen molar-refractivity contribution in [1.29, 1.82) is 0 Å². The van der Waals surface area contributed by atoms with Crippen molar-refractivity contribution in [3.05, 3.63) is 0 Å². The topological polar surface area (TPSA) is 38.3 Å². The minimum absolute atomic E-state index is 0.138. The van der Waals surface area contributed by atoms with Crippen LogP contribution in [0.15, 0.2) is 0 Å². The summed E-state index contributed by atoms with van der Waals surface area (Å²) in [5, 5.41) is 3.16. The molecule has 0 atom stereocenters. The number of carbonyl (C=O) groups is 1. The standard InChI is InChI=1S/C10H21NO2/c1-8(2)11-7-6-9(12)13-10(3,4)5/h8,11H,6-7H2,1-5H3. The molecular weight excluding hydrogens is 166 g/mol. The van der Waals surface area contributed by atoms with Crippen molar-refractivity contribution in [3.8, 4) is 0 Å². The minimum Gasteiger partial charge on any atom is -0.460 e. The van der Waals surface area contributed by atoms with Gasteiger partial charge < -0.3 is 10.1 Å². The van der Waals surface area contributed by atoms with Crippen LogP contribution in [0, 0.1) is 0 Å². The Balaban J connectivity index is 3.53. The van der Waals surface area contributed by atoms with E-state index in [2.05, 4.69) is 19.2 Å². The Labute approximate surface area is 80.8 Å². The number of nitrogens with one attached hydrogen (secondary N) is 1. The Kier molecular flexibility index (Phi) is 4.99. The molecule has 0 amide bonds. The van der Waals surface area contributed by atoms with Gasteiger partial charge in [0.15, 0.2) is 0 Å². The molecule has 0 aliphatic rings. The van der Waals surface area contributed by atoms with Crippen LogP contribution in [-0.2, 0) is 9.53 Å². The first-order valence-corrected chi connectivity index (χ1v) is 4.76. The molecule has 0 heterocycles. The summed E-state index contributed by atoms with van der Waals surface area (Å²) in [6, 6.07) is 0.419. The third kappa shape index (κ3) is 9.34.